The zero-order chi connectivity index (χ0) is 21.0. The molecule has 150 valence electrons. The third kappa shape index (κ3) is 4.76. The first kappa shape index (κ1) is 21.3. The highest BCUT2D eigenvalue weighted by molar-refractivity contribution is 9.10. The molecule has 0 unspecified atom stereocenters. The largest absolute Gasteiger partial charge is 0.490 e. The number of hydrogen-bond donors (Lipinski definition) is 0. The number of nitrogens with zero attached hydrogens (tertiary/aromatic N) is 3. The van der Waals surface area contributed by atoms with Gasteiger partial charge in [-0.1, -0.05) is 28.6 Å². The lowest BCUT2D eigenvalue weighted by molar-refractivity contribution is 0.295. The summed E-state index contributed by atoms with van der Waals surface area (Å²) in [5.41, 5.74) is 1.14. The van der Waals surface area contributed by atoms with Crippen molar-refractivity contribution in [2.45, 2.75) is 13.8 Å². The van der Waals surface area contributed by atoms with Crippen molar-refractivity contribution in [3.63, 3.8) is 0 Å². The van der Waals surface area contributed by atoms with Crippen molar-refractivity contribution in [2.24, 2.45) is 5.10 Å². The molecule has 29 heavy (non-hydrogen) atoms. The molecule has 1 aromatic heterocycles. The van der Waals surface area contributed by atoms with Gasteiger partial charge in [-0.15, -0.1) is 0 Å². The minimum Gasteiger partial charge on any atom is -0.490 e. The Morgan fingerprint density at radius 3 is 2.76 bits per heavy atom. The van der Waals surface area contributed by atoms with Gasteiger partial charge in [0.15, 0.2) is 11.5 Å². The van der Waals surface area contributed by atoms with E-state index in [-0.39, 0.29) is 5.56 Å². The predicted molar refractivity (Wildman–Crippen MR) is 122 cm³/mol. The van der Waals surface area contributed by atoms with Crippen LogP contribution in [0, 0.1) is 6.92 Å². The molecule has 0 N–H and O–H groups in total. The maximum atomic E-state index is 12.9. The van der Waals surface area contributed by atoms with E-state index >= 15 is 0 Å². The van der Waals surface area contributed by atoms with Crippen LogP contribution in [0.25, 0.3) is 10.9 Å². The van der Waals surface area contributed by atoms with E-state index in [9.17, 15) is 4.79 Å². The summed E-state index contributed by atoms with van der Waals surface area (Å²) in [6.07, 6.45) is 3.25. The molecule has 0 spiro atoms. The number of rotatable bonds is 7. The smallest absolute Gasteiger partial charge is 0.282 e. The quantitative estimate of drug-likeness (QED) is 0.322. The van der Waals surface area contributed by atoms with E-state index in [2.05, 4.69) is 48.5 Å². The minimum absolute atomic E-state index is 0.236. The van der Waals surface area contributed by atoms with Gasteiger partial charge in [0.25, 0.3) is 5.56 Å². The molecule has 0 aliphatic carbocycles. The van der Waals surface area contributed by atoms with Crippen molar-refractivity contribution >= 4 is 49.0 Å². The number of hydrogen-bond acceptors (Lipinski definition) is 5. The van der Waals surface area contributed by atoms with Crippen LogP contribution in [0.2, 0.25) is 0 Å². The van der Waals surface area contributed by atoms with Crippen molar-refractivity contribution in [3.05, 3.63) is 73.7 Å². The molecule has 0 saturated carbocycles. The van der Waals surface area contributed by atoms with E-state index in [1.807, 2.05) is 25.1 Å². The lowest BCUT2D eigenvalue weighted by atomic mass is 10.2. The Bertz CT molecular complexity index is 1160. The maximum absolute atomic E-state index is 12.9. The Morgan fingerprint density at radius 2 is 2.03 bits per heavy atom. The lowest BCUT2D eigenvalue weighted by Crippen LogP contribution is -2.20. The van der Waals surface area contributed by atoms with Gasteiger partial charge in [-0.05, 0) is 65.7 Å². The second-order valence-corrected chi connectivity index (χ2v) is 7.81. The normalized spacial score (nSPS) is 11.2. The van der Waals surface area contributed by atoms with Gasteiger partial charge in [0.05, 0.1) is 28.2 Å². The fourth-order valence-electron chi connectivity index (χ4n) is 2.73. The average Bonchev–Trinajstić information content (AvgIpc) is 2.68. The summed E-state index contributed by atoms with van der Waals surface area (Å²) in [4.78, 5) is 17.3. The monoisotopic (exact) mass is 519 g/mol. The molecular formula is C21H19Br2N3O3. The summed E-state index contributed by atoms with van der Waals surface area (Å²) in [7, 11) is 0. The van der Waals surface area contributed by atoms with Gasteiger partial charge >= 0.3 is 0 Å². The molecule has 0 amide bonds. The highest BCUT2D eigenvalue weighted by Crippen LogP contribution is 2.36. The van der Waals surface area contributed by atoms with Crippen molar-refractivity contribution in [1.29, 1.82) is 0 Å². The highest BCUT2D eigenvalue weighted by Gasteiger charge is 2.12. The van der Waals surface area contributed by atoms with Crippen molar-refractivity contribution < 1.29 is 9.47 Å². The highest BCUT2D eigenvalue weighted by atomic mass is 79.9. The van der Waals surface area contributed by atoms with E-state index < -0.39 is 0 Å². The van der Waals surface area contributed by atoms with Gasteiger partial charge in [0, 0.05) is 4.47 Å². The maximum Gasteiger partial charge on any atom is 0.282 e. The Kier molecular flexibility index (Phi) is 6.87. The molecule has 6 nitrogen and oxygen atoms in total. The third-order valence-corrected chi connectivity index (χ3v) is 5.05. The van der Waals surface area contributed by atoms with E-state index in [0.29, 0.717) is 41.4 Å². The molecule has 3 rings (SSSR count). The SMILES string of the molecule is C=CCOc1c(Br)cc(C=Nn2c(C)nc3ccc(Br)cc3c2=O)cc1OCC. The van der Waals surface area contributed by atoms with Crippen LogP contribution in [-0.2, 0) is 0 Å². The van der Waals surface area contributed by atoms with Crippen molar-refractivity contribution in [3.8, 4) is 11.5 Å². The van der Waals surface area contributed by atoms with E-state index in [1.54, 1.807) is 31.3 Å². The van der Waals surface area contributed by atoms with Crippen molar-refractivity contribution in [1.82, 2.24) is 9.66 Å². The second-order valence-electron chi connectivity index (χ2n) is 6.04. The number of ether oxygens (including phenoxy) is 2. The van der Waals surface area contributed by atoms with Crippen LogP contribution < -0.4 is 15.0 Å². The van der Waals surface area contributed by atoms with Crippen LogP contribution in [0.15, 0.2) is 61.8 Å². The fraction of sp³-hybridized carbons (Fsp3) is 0.190. The van der Waals surface area contributed by atoms with Gasteiger partial charge in [-0.2, -0.15) is 9.78 Å². The average molecular weight is 521 g/mol. The Balaban J connectivity index is 2.03. The number of aryl methyl sites for hydroxylation is 1. The zero-order valence-electron chi connectivity index (χ0n) is 16.0. The Morgan fingerprint density at radius 1 is 1.24 bits per heavy atom. The van der Waals surface area contributed by atoms with Gasteiger partial charge in [-0.25, -0.2) is 4.98 Å². The summed E-state index contributed by atoms with van der Waals surface area (Å²) in [6.45, 7) is 8.15. The van der Waals surface area contributed by atoms with Crippen LogP contribution >= 0.6 is 31.9 Å². The molecule has 0 bridgehead atoms. The molecule has 8 heteroatoms. The molecule has 0 aliphatic rings. The molecule has 1 heterocycles. The van der Waals surface area contributed by atoms with Crippen LogP contribution in [0.5, 0.6) is 11.5 Å². The first-order valence-corrected chi connectivity index (χ1v) is 10.5. The summed E-state index contributed by atoms with van der Waals surface area (Å²) >= 11 is 6.90. The molecule has 0 fully saturated rings. The van der Waals surface area contributed by atoms with Crippen molar-refractivity contribution in [2.75, 3.05) is 13.2 Å². The lowest BCUT2D eigenvalue weighted by Gasteiger charge is -2.13. The van der Waals surface area contributed by atoms with Gasteiger partial charge < -0.3 is 9.47 Å². The van der Waals surface area contributed by atoms with Crippen LogP contribution in [-0.4, -0.2) is 29.1 Å². The zero-order valence-corrected chi connectivity index (χ0v) is 19.2. The van der Waals surface area contributed by atoms with Crippen LogP contribution in [0.1, 0.15) is 18.3 Å². The standard InChI is InChI=1S/C21H19Br2N3O3/c1-4-8-29-20-17(23)9-14(10-19(20)28-5-2)12-24-26-13(3)25-18-7-6-15(22)11-16(18)21(26)27/h4,6-7,9-12H,1,5,8H2,2-3H3. The summed E-state index contributed by atoms with van der Waals surface area (Å²) in [5, 5.41) is 4.85. The van der Waals surface area contributed by atoms with Crippen LogP contribution in [0.3, 0.4) is 0 Å². The molecule has 0 atom stereocenters. The van der Waals surface area contributed by atoms with Gasteiger partial charge in [0.1, 0.15) is 12.4 Å². The molecule has 0 radical (unpaired) electrons. The Hall–Kier alpha value is -2.45. The van der Waals surface area contributed by atoms with E-state index in [1.165, 1.54) is 4.68 Å². The molecule has 0 saturated heterocycles. The summed E-state index contributed by atoms with van der Waals surface area (Å²) in [6, 6.07) is 9.04. The number of benzene rings is 2. The molecule has 0 aliphatic heterocycles. The number of aromatic nitrogens is 2. The van der Waals surface area contributed by atoms with Gasteiger partial charge in [0.2, 0.25) is 0 Å². The van der Waals surface area contributed by atoms with E-state index in [4.69, 9.17) is 9.47 Å². The molecule has 2 aromatic carbocycles. The molecular weight excluding hydrogens is 502 g/mol. The Labute approximate surface area is 185 Å². The number of fused-ring (bicyclic) bond motifs is 1. The second kappa shape index (κ2) is 9.37. The number of halogens is 2. The summed E-state index contributed by atoms with van der Waals surface area (Å²) in [5.74, 6) is 1.67. The van der Waals surface area contributed by atoms with Crippen LogP contribution in [0.4, 0.5) is 0 Å². The topological polar surface area (TPSA) is 65.7 Å². The fourth-order valence-corrected chi connectivity index (χ4v) is 3.66. The first-order chi connectivity index (χ1) is 13.9. The molecule has 3 aromatic rings. The minimum atomic E-state index is -0.236. The van der Waals surface area contributed by atoms with E-state index in [0.717, 1.165) is 14.5 Å². The third-order valence-electron chi connectivity index (χ3n) is 3.97. The van der Waals surface area contributed by atoms with Gasteiger partial charge in [-0.3, -0.25) is 4.79 Å². The summed E-state index contributed by atoms with van der Waals surface area (Å²) < 4.78 is 14.2. The predicted octanol–water partition coefficient (Wildman–Crippen LogP) is 5.08. The first-order valence-electron chi connectivity index (χ1n) is 8.88.